The summed E-state index contributed by atoms with van der Waals surface area (Å²) in [6.07, 6.45) is 3.80. The zero-order valence-corrected chi connectivity index (χ0v) is 30.1. The van der Waals surface area contributed by atoms with Crippen LogP contribution < -0.4 is 32.3 Å². The number of carbonyl (C=O) groups excluding carboxylic acids is 6. The number of nitrogens with one attached hydrogen (secondary N) is 6. The number of carboxylic acids is 2. The second kappa shape index (κ2) is 21.8. The number of fused-ring (bicyclic) bond motifs is 1. The molecule has 53 heavy (non-hydrogen) atoms. The largest absolute Gasteiger partial charge is 0.481 e. The lowest BCUT2D eigenvalue weighted by molar-refractivity contribution is -0.142. The second-order valence-electron chi connectivity index (χ2n) is 13.0. The van der Waals surface area contributed by atoms with Crippen LogP contribution in [-0.2, 0) is 44.8 Å². The van der Waals surface area contributed by atoms with Crippen molar-refractivity contribution in [2.24, 2.45) is 11.7 Å². The fourth-order valence-corrected chi connectivity index (χ4v) is 5.50. The monoisotopic (exact) mass is 745 g/mol. The van der Waals surface area contributed by atoms with Gasteiger partial charge in [0.2, 0.25) is 35.4 Å². The Morgan fingerprint density at radius 3 is 1.92 bits per heavy atom. The number of para-hydroxylation sites is 1. The van der Waals surface area contributed by atoms with E-state index in [4.69, 9.17) is 10.8 Å². The lowest BCUT2D eigenvalue weighted by Gasteiger charge is -2.26. The Kier molecular flexibility index (Phi) is 17.9. The normalized spacial score (nSPS) is 14.4. The number of nitrogens with two attached hydrogens (primary N) is 1. The van der Waals surface area contributed by atoms with Crippen molar-refractivity contribution in [2.45, 2.75) is 109 Å². The number of aliphatic hydroxyl groups is 1. The van der Waals surface area contributed by atoms with Crippen molar-refractivity contribution < 1.29 is 53.7 Å². The topological polar surface area (TPSA) is 299 Å². The molecule has 2 rings (SSSR count). The molecule has 0 spiro atoms. The number of unbranched alkanes of at least 4 members (excludes halogenated alkanes) is 4. The van der Waals surface area contributed by atoms with E-state index in [1.165, 1.54) is 0 Å². The predicted molar refractivity (Wildman–Crippen MR) is 191 cm³/mol. The summed E-state index contributed by atoms with van der Waals surface area (Å²) in [5.41, 5.74) is 6.82. The molecule has 6 unspecified atom stereocenters. The van der Waals surface area contributed by atoms with Crippen molar-refractivity contribution >= 4 is 58.3 Å². The summed E-state index contributed by atoms with van der Waals surface area (Å²) >= 11 is 0. The van der Waals surface area contributed by atoms with Gasteiger partial charge in [-0.2, -0.15) is 0 Å². The van der Waals surface area contributed by atoms with Gasteiger partial charge in [-0.25, -0.2) is 0 Å². The van der Waals surface area contributed by atoms with E-state index in [0.29, 0.717) is 12.0 Å². The third-order valence-electron chi connectivity index (χ3n) is 8.45. The van der Waals surface area contributed by atoms with E-state index in [2.05, 4.69) is 33.2 Å². The van der Waals surface area contributed by atoms with Gasteiger partial charge in [-0.3, -0.25) is 38.4 Å². The molecule has 0 fully saturated rings. The Morgan fingerprint density at radius 1 is 0.736 bits per heavy atom. The molecule has 1 aromatic carbocycles. The molecular weight excluding hydrogens is 694 g/mol. The molecule has 0 saturated carbocycles. The summed E-state index contributed by atoms with van der Waals surface area (Å²) in [4.78, 5) is 104. The first-order valence-corrected chi connectivity index (χ1v) is 17.5. The van der Waals surface area contributed by atoms with Crippen molar-refractivity contribution in [3.05, 3.63) is 36.0 Å². The number of benzene rings is 1. The molecule has 1 heterocycles. The van der Waals surface area contributed by atoms with Gasteiger partial charge in [-0.05, 0) is 25.0 Å². The third kappa shape index (κ3) is 14.9. The van der Waals surface area contributed by atoms with Crippen LogP contribution in [0.25, 0.3) is 10.9 Å². The number of carbonyl (C=O) groups is 8. The van der Waals surface area contributed by atoms with E-state index >= 15 is 0 Å². The Hall–Kier alpha value is -5.52. The van der Waals surface area contributed by atoms with Crippen LogP contribution in [0.1, 0.15) is 77.7 Å². The predicted octanol–water partition coefficient (Wildman–Crippen LogP) is -0.422. The molecule has 0 aliphatic rings. The van der Waals surface area contributed by atoms with Crippen LogP contribution in [0.2, 0.25) is 0 Å². The molecule has 6 amide bonds. The summed E-state index contributed by atoms with van der Waals surface area (Å²) in [5, 5.41) is 40.5. The number of primary amides is 1. The molecule has 11 N–H and O–H groups in total. The summed E-state index contributed by atoms with van der Waals surface area (Å²) in [6, 6.07) is 0.638. The lowest BCUT2D eigenvalue weighted by atomic mass is 9.99. The van der Waals surface area contributed by atoms with Crippen LogP contribution in [0, 0.1) is 5.92 Å². The first kappa shape index (κ1) is 43.6. The highest BCUT2D eigenvalue weighted by Gasteiger charge is 2.35. The standard InChI is InChI=1S/C35H51N7O11/c1-4-5-6-7-8-11-19(2)31(49)39-24(14-21-17-37-23-13-10-9-12-22(21)23)32(50)40-25(15-27(36)44)33(51)41-26(16-28(45)46)34(52)42-30(20(3)43)35(53)38-18-29(47)48/h9-10,12-13,17,19-20,24-26,30,37,43H,4-8,11,14-16,18H2,1-3H3,(H2,36,44)(H,38,53)(H,39,49)(H,40,50)(H,41,51)(H,42,52)(H,45,46)(H,47,48). The molecule has 6 atom stereocenters. The molecular formula is C35H51N7O11. The lowest BCUT2D eigenvalue weighted by Crippen LogP contribution is -2.60. The van der Waals surface area contributed by atoms with Gasteiger partial charge in [0.05, 0.1) is 18.9 Å². The molecule has 1 aromatic heterocycles. The summed E-state index contributed by atoms with van der Waals surface area (Å²) < 4.78 is 0. The third-order valence-corrected chi connectivity index (χ3v) is 8.45. The maximum atomic E-state index is 13.8. The van der Waals surface area contributed by atoms with Gasteiger partial charge in [-0.15, -0.1) is 0 Å². The van der Waals surface area contributed by atoms with Crippen LogP contribution in [0.15, 0.2) is 30.5 Å². The first-order valence-electron chi connectivity index (χ1n) is 17.5. The molecule has 292 valence electrons. The van der Waals surface area contributed by atoms with E-state index in [0.717, 1.165) is 49.9 Å². The fraction of sp³-hybridized carbons (Fsp3) is 0.543. The van der Waals surface area contributed by atoms with E-state index < -0.39 is 103 Å². The highest BCUT2D eigenvalue weighted by Crippen LogP contribution is 2.20. The van der Waals surface area contributed by atoms with Gasteiger partial charge in [0.25, 0.3) is 0 Å². The van der Waals surface area contributed by atoms with Crippen LogP contribution in [0.5, 0.6) is 0 Å². The van der Waals surface area contributed by atoms with Gasteiger partial charge < -0.3 is 52.6 Å². The number of H-pyrrole nitrogens is 1. The quantitative estimate of drug-likeness (QED) is 0.0616. The molecule has 0 radical (unpaired) electrons. The molecule has 18 heteroatoms. The first-order chi connectivity index (χ1) is 25.0. The minimum Gasteiger partial charge on any atom is -0.481 e. The Labute approximate surface area is 306 Å². The number of hydrogen-bond acceptors (Lipinski definition) is 9. The number of aromatic amines is 1. The number of aliphatic hydroxyl groups excluding tert-OH is 1. The summed E-state index contributed by atoms with van der Waals surface area (Å²) in [6.45, 7) is 4.10. The Bertz CT molecular complexity index is 1610. The average molecular weight is 746 g/mol. The number of rotatable bonds is 24. The minimum atomic E-state index is -1.90. The molecule has 0 bridgehead atoms. The molecule has 18 nitrogen and oxygen atoms in total. The van der Waals surface area contributed by atoms with Gasteiger partial charge in [0, 0.05) is 29.4 Å². The van der Waals surface area contributed by atoms with E-state index in [-0.39, 0.29) is 6.42 Å². The van der Waals surface area contributed by atoms with Crippen molar-refractivity contribution in [1.82, 2.24) is 31.6 Å². The molecule has 0 saturated heterocycles. The van der Waals surface area contributed by atoms with E-state index in [9.17, 15) is 48.6 Å². The van der Waals surface area contributed by atoms with Crippen LogP contribution >= 0.6 is 0 Å². The van der Waals surface area contributed by atoms with E-state index in [1.54, 1.807) is 19.2 Å². The Balaban J connectivity index is 2.32. The number of aromatic nitrogens is 1. The van der Waals surface area contributed by atoms with Crippen molar-refractivity contribution in [2.75, 3.05) is 6.54 Å². The summed E-state index contributed by atoms with van der Waals surface area (Å²) in [5.74, 6) is -9.31. The number of hydrogen-bond donors (Lipinski definition) is 10. The van der Waals surface area contributed by atoms with Gasteiger partial charge >= 0.3 is 11.9 Å². The van der Waals surface area contributed by atoms with Crippen LogP contribution in [0.3, 0.4) is 0 Å². The molecule has 0 aliphatic carbocycles. The second-order valence-corrected chi connectivity index (χ2v) is 13.0. The highest BCUT2D eigenvalue weighted by molar-refractivity contribution is 5.99. The van der Waals surface area contributed by atoms with Crippen LogP contribution in [0.4, 0.5) is 0 Å². The van der Waals surface area contributed by atoms with Gasteiger partial charge in [0.15, 0.2) is 0 Å². The zero-order chi connectivity index (χ0) is 39.7. The minimum absolute atomic E-state index is 0.0234. The Morgan fingerprint density at radius 2 is 1.32 bits per heavy atom. The highest BCUT2D eigenvalue weighted by atomic mass is 16.4. The molecule has 0 aliphatic heterocycles. The summed E-state index contributed by atoms with van der Waals surface area (Å²) in [7, 11) is 0. The molecule has 2 aromatic rings. The average Bonchev–Trinajstić information content (AvgIpc) is 3.50. The fourth-order valence-electron chi connectivity index (χ4n) is 5.50. The SMILES string of the molecule is CCCCCCCC(C)C(=O)NC(Cc1c[nH]c2ccccc12)C(=O)NC(CC(N)=O)C(=O)NC(CC(=O)O)C(=O)NC(C(=O)NCC(=O)O)C(C)O. The number of carboxylic acid groups (broad SMARTS) is 2. The maximum Gasteiger partial charge on any atom is 0.322 e. The van der Waals surface area contributed by atoms with E-state index in [1.807, 2.05) is 23.5 Å². The van der Waals surface area contributed by atoms with Crippen molar-refractivity contribution in [3.8, 4) is 0 Å². The number of aliphatic carboxylic acids is 2. The zero-order valence-electron chi connectivity index (χ0n) is 30.1. The van der Waals surface area contributed by atoms with Crippen LogP contribution in [-0.4, -0.2) is 105 Å². The van der Waals surface area contributed by atoms with Gasteiger partial charge in [-0.1, -0.05) is 64.2 Å². The van der Waals surface area contributed by atoms with Gasteiger partial charge in [0.1, 0.15) is 30.7 Å². The van der Waals surface area contributed by atoms with Crippen molar-refractivity contribution in [3.63, 3.8) is 0 Å². The maximum absolute atomic E-state index is 13.8. The van der Waals surface area contributed by atoms with Crippen molar-refractivity contribution in [1.29, 1.82) is 0 Å². The smallest absolute Gasteiger partial charge is 0.322 e. The number of amides is 6.